The van der Waals surface area contributed by atoms with E-state index in [1.165, 1.54) is 5.56 Å². The van der Waals surface area contributed by atoms with Crippen LogP contribution < -0.4 is 0 Å². The summed E-state index contributed by atoms with van der Waals surface area (Å²) in [7, 11) is -3.26. The van der Waals surface area contributed by atoms with Crippen molar-refractivity contribution in [3.63, 3.8) is 0 Å². The summed E-state index contributed by atoms with van der Waals surface area (Å²) in [5.74, 6) is 0.724. The van der Waals surface area contributed by atoms with Crippen molar-refractivity contribution in [1.29, 1.82) is 0 Å². The van der Waals surface area contributed by atoms with Crippen LogP contribution in [0.25, 0.3) is 0 Å². The number of hydrogen-bond acceptors (Lipinski definition) is 2. The number of benzene rings is 1. The molecule has 0 heterocycles. The fraction of sp³-hybridized carbons (Fsp3) is 0.700. The van der Waals surface area contributed by atoms with Gasteiger partial charge in [-0.1, -0.05) is 53.2 Å². The summed E-state index contributed by atoms with van der Waals surface area (Å²) in [4.78, 5) is 0.621. The molecule has 3 heteroatoms. The third-order valence-corrected chi connectivity index (χ3v) is 7.27. The molecule has 1 aromatic rings. The lowest BCUT2D eigenvalue weighted by molar-refractivity contribution is 0.581. The number of rotatable bonds is 8. The van der Waals surface area contributed by atoms with Gasteiger partial charge in [0.15, 0.2) is 9.84 Å². The van der Waals surface area contributed by atoms with Crippen molar-refractivity contribution in [2.75, 3.05) is 0 Å². The summed E-state index contributed by atoms with van der Waals surface area (Å²) >= 11 is 0. The molecule has 0 saturated heterocycles. The zero-order valence-corrected chi connectivity index (χ0v) is 16.8. The maximum Gasteiger partial charge on any atom is 0.181 e. The predicted molar refractivity (Wildman–Crippen MR) is 100 cm³/mol. The van der Waals surface area contributed by atoms with Crippen LogP contribution in [-0.4, -0.2) is 13.7 Å². The standard InChI is InChI=1S/C20H34O2S/c1-8-11-17-12-18(15(6)9-2)13-19(16(7)10-3)20(17)23(21,22)14(4)5/h12-16H,8-11H2,1-7H3. The van der Waals surface area contributed by atoms with E-state index < -0.39 is 9.84 Å². The van der Waals surface area contributed by atoms with Crippen molar-refractivity contribution >= 4 is 9.84 Å². The lowest BCUT2D eigenvalue weighted by Crippen LogP contribution is -2.19. The van der Waals surface area contributed by atoms with Gasteiger partial charge in [0.2, 0.25) is 0 Å². The molecule has 23 heavy (non-hydrogen) atoms. The molecule has 0 fully saturated rings. The Hall–Kier alpha value is -0.830. The van der Waals surface area contributed by atoms with Crippen molar-refractivity contribution < 1.29 is 8.42 Å². The Morgan fingerprint density at radius 1 is 0.913 bits per heavy atom. The highest BCUT2D eigenvalue weighted by Gasteiger charge is 2.28. The van der Waals surface area contributed by atoms with Crippen molar-refractivity contribution in [2.45, 2.75) is 96.1 Å². The SMILES string of the molecule is CCCc1cc(C(C)CC)cc(C(C)CC)c1S(=O)(=O)C(C)C. The Kier molecular flexibility index (Phi) is 7.31. The van der Waals surface area contributed by atoms with Crippen molar-refractivity contribution in [2.24, 2.45) is 0 Å². The zero-order valence-electron chi connectivity index (χ0n) is 15.9. The summed E-state index contributed by atoms with van der Waals surface area (Å²) in [6.45, 7) is 14.4. The summed E-state index contributed by atoms with van der Waals surface area (Å²) < 4.78 is 26.0. The fourth-order valence-electron chi connectivity index (χ4n) is 2.88. The average Bonchev–Trinajstić information content (AvgIpc) is 2.52. The van der Waals surface area contributed by atoms with E-state index >= 15 is 0 Å². The van der Waals surface area contributed by atoms with Crippen molar-refractivity contribution in [3.05, 3.63) is 28.8 Å². The van der Waals surface area contributed by atoms with Crippen LogP contribution in [0.15, 0.2) is 17.0 Å². The van der Waals surface area contributed by atoms with Crippen LogP contribution in [0, 0.1) is 0 Å². The van der Waals surface area contributed by atoms with Gasteiger partial charge in [-0.2, -0.15) is 0 Å². The first-order valence-corrected chi connectivity index (χ1v) is 10.7. The molecule has 0 aromatic heterocycles. The van der Waals surface area contributed by atoms with Gasteiger partial charge in [0.25, 0.3) is 0 Å². The molecule has 0 radical (unpaired) electrons. The van der Waals surface area contributed by atoms with Crippen LogP contribution >= 0.6 is 0 Å². The minimum Gasteiger partial charge on any atom is -0.223 e. The smallest absolute Gasteiger partial charge is 0.181 e. The van der Waals surface area contributed by atoms with Crippen LogP contribution in [0.3, 0.4) is 0 Å². The third kappa shape index (κ3) is 4.37. The van der Waals surface area contributed by atoms with Crippen LogP contribution in [0.2, 0.25) is 0 Å². The summed E-state index contributed by atoms with van der Waals surface area (Å²) in [5, 5.41) is -0.379. The van der Waals surface area contributed by atoms with Crippen molar-refractivity contribution in [3.8, 4) is 0 Å². The lowest BCUT2D eigenvalue weighted by atomic mass is 9.88. The molecule has 2 atom stereocenters. The average molecular weight is 339 g/mol. The van der Waals surface area contributed by atoms with Crippen LogP contribution in [0.1, 0.15) is 96.3 Å². The molecule has 2 unspecified atom stereocenters. The Morgan fingerprint density at radius 3 is 1.91 bits per heavy atom. The van der Waals surface area contributed by atoms with Gasteiger partial charge in [-0.3, -0.25) is 0 Å². The summed E-state index contributed by atoms with van der Waals surface area (Å²) in [5.41, 5.74) is 3.34. The molecule has 2 nitrogen and oxygen atoms in total. The maximum atomic E-state index is 13.0. The monoisotopic (exact) mass is 338 g/mol. The second-order valence-corrected chi connectivity index (χ2v) is 9.50. The van der Waals surface area contributed by atoms with Gasteiger partial charge in [0.05, 0.1) is 10.1 Å². The Balaban J connectivity index is 3.75. The molecule has 0 amide bonds. The van der Waals surface area contributed by atoms with Gasteiger partial charge in [0, 0.05) is 0 Å². The van der Waals surface area contributed by atoms with E-state index in [0.717, 1.165) is 36.8 Å². The third-order valence-electron chi connectivity index (χ3n) is 4.97. The van der Waals surface area contributed by atoms with E-state index in [1.54, 1.807) is 13.8 Å². The first kappa shape index (κ1) is 20.2. The Morgan fingerprint density at radius 2 is 1.48 bits per heavy atom. The molecule has 0 spiro atoms. The van der Waals surface area contributed by atoms with Crippen LogP contribution in [0.4, 0.5) is 0 Å². The van der Waals surface area contributed by atoms with E-state index in [4.69, 9.17) is 0 Å². The largest absolute Gasteiger partial charge is 0.223 e. The highest BCUT2D eigenvalue weighted by atomic mass is 32.2. The second kappa shape index (κ2) is 8.32. The first-order valence-electron chi connectivity index (χ1n) is 9.11. The van der Waals surface area contributed by atoms with Crippen LogP contribution in [0.5, 0.6) is 0 Å². The van der Waals surface area contributed by atoms with Gasteiger partial charge in [-0.15, -0.1) is 0 Å². The molecular formula is C20H34O2S. The molecule has 132 valence electrons. The van der Waals surface area contributed by atoms with Gasteiger partial charge in [-0.05, 0) is 61.6 Å². The quantitative estimate of drug-likeness (QED) is 0.596. The second-order valence-electron chi connectivity index (χ2n) is 7.06. The molecule has 0 saturated carbocycles. The molecule has 1 aromatic carbocycles. The number of sulfone groups is 1. The molecule has 0 aliphatic carbocycles. The van der Waals surface area contributed by atoms with E-state index in [2.05, 4.69) is 46.8 Å². The minimum absolute atomic E-state index is 0.262. The predicted octanol–water partition coefficient (Wildman–Crippen LogP) is 5.85. The van der Waals surface area contributed by atoms with Gasteiger partial charge >= 0.3 is 0 Å². The summed E-state index contributed by atoms with van der Waals surface area (Å²) in [6.07, 6.45) is 3.82. The topological polar surface area (TPSA) is 34.1 Å². The number of hydrogen-bond donors (Lipinski definition) is 0. The minimum atomic E-state index is -3.26. The fourth-order valence-corrected chi connectivity index (χ4v) is 4.47. The van der Waals surface area contributed by atoms with E-state index in [-0.39, 0.29) is 11.2 Å². The highest BCUT2D eigenvalue weighted by Crippen LogP contribution is 2.36. The molecule has 1 rings (SSSR count). The molecule has 0 N–H and O–H groups in total. The highest BCUT2D eigenvalue weighted by molar-refractivity contribution is 7.92. The lowest BCUT2D eigenvalue weighted by Gasteiger charge is -2.23. The molecule has 0 bridgehead atoms. The Labute approximate surface area is 143 Å². The van der Waals surface area contributed by atoms with E-state index in [0.29, 0.717) is 10.8 Å². The van der Waals surface area contributed by atoms with Gasteiger partial charge in [-0.25, -0.2) is 8.42 Å². The van der Waals surface area contributed by atoms with E-state index in [1.807, 2.05) is 0 Å². The van der Waals surface area contributed by atoms with Crippen LogP contribution in [-0.2, 0) is 16.3 Å². The zero-order chi connectivity index (χ0) is 17.8. The number of aryl methyl sites for hydroxylation is 1. The van der Waals surface area contributed by atoms with Crippen molar-refractivity contribution in [1.82, 2.24) is 0 Å². The van der Waals surface area contributed by atoms with Gasteiger partial charge in [0.1, 0.15) is 0 Å². The molecule has 0 aliphatic rings. The molecule has 0 aliphatic heterocycles. The maximum absolute atomic E-state index is 13.0. The normalized spacial score (nSPS) is 15.0. The first-order chi connectivity index (χ1) is 10.7. The van der Waals surface area contributed by atoms with E-state index in [9.17, 15) is 8.42 Å². The van der Waals surface area contributed by atoms with Gasteiger partial charge < -0.3 is 0 Å². The summed E-state index contributed by atoms with van der Waals surface area (Å²) in [6, 6.07) is 4.32. The molecular weight excluding hydrogens is 304 g/mol. The Bertz CT molecular complexity index is 615.